The molecule has 3 rings (SSSR count). The van der Waals surface area contributed by atoms with Gasteiger partial charge < -0.3 is 4.90 Å². The van der Waals surface area contributed by atoms with Gasteiger partial charge in [-0.25, -0.2) is 0 Å². The topological polar surface area (TPSA) is 4.44 Å². The summed E-state index contributed by atoms with van der Waals surface area (Å²) in [5.74, 6) is 1.34. The molecule has 1 aromatic rings. The average Bonchev–Trinajstić information content (AvgIpc) is 2.65. The number of nitrogens with one attached hydrogen (secondary N) is 1. The van der Waals surface area contributed by atoms with Crippen LogP contribution in [0.5, 0.6) is 0 Å². The molecule has 1 unspecified atom stereocenters. The molecule has 0 bridgehead atoms. The molecule has 1 saturated heterocycles. The first kappa shape index (κ1) is 7.89. The van der Waals surface area contributed by atoms with Gasteiger partial charge in [0.05, 0.1) is 13.1 Å². The van der Waals surface area contributed by atoms with E-state index >= 15 is 0 Å². The van der Waals surface area contributed by atoms with Crippen molar-refractivity contribution in [2.75, 3.05) is 18.8 Å². The van der Waals surface area contributed by atoms with Crippen molar-refractivity contribution in [3.05, 3.63) is 35.4 Å². The molecule has 0 radical (unpaired) electrons. The van der Waals surface area contributed by atoms with Crippen LogP contribution in [-0.4, -0.2) is 18.8 Å². The third-order valence-electron chi connectivity index (χ3n) is 3.13. The summed E-state index contributed by atoms with van der Waals surface area (Å²) >= 11 is 2.13. The van der Waals surface area contributed by atoms with Gasteiger partial charge in [0.1, 0.15) is 0 Å². The Kier molecular flexibility index (Phi) is 1.84. The molecule has 0 aromatic heterocycles. The monoisotopic (exact) mass is 192 g/mol. The quantitative estimate of drug-likeness (QED) is 0.639. The van der Waals surface area contributed by atoms with Gasteiger partial charge >= 0.3 is 0 Å². The summed E-state index contributed by atoms with van der Waals surface area (Å²) in [5, 5.41) is 0.755. The van der Waals surface area contributed by atoms with E-state index in [4.69, 9.17) is 0 Å². The van der Waals surface area contributed by atoms with E-state index in [-0.39, 0.29) is 0 Å². The zero-order chi connectivity index (χ0) is 8.67. The summed E-state index contributed by atoms with van der Waals surface area (Å²) in [6.45, 7) is 2.71. The second kappa shape index (κ2) is 3.03. The van der Waals surface area contributed by atoms with Crippen molar-refractivity contribution in [1.82, 2.24) is 0 Å². The Balaban J connectivity index is 2.06. The molecule has 1 N–H and O–H groups in total. The number of quaternary nitrogens is 1. The van der Waals surface area contributed by atoms with Crippen molar-refractivity contribution in [3.63, 3.8) is 0 Å². The van der Waals surface area contributed by atoms with Gasteiger partial charge in [-0.15, -0.1) is 0 Å². The zero-order valence-corrected chi connectivity index (χ0v) is 8.44. The van der Waals surface area contributed by atoms with Gasteiger partial charge in [-0.1, -0.05) is 36.0 Å². The maximum Gasteiger partial charge on any atom is 0.160 e. The van der Waals surface area contributed by atoms with Crippen molar-refractivity contribution in [2.45, 2.75) is 11.8 Å². The van der Waals surface area contributed by atoms with Gasteiger partial charge in [0.25, 0.3) is 0 Å². The maximum absolute atomic E-state index is 2.32. The highest BCUT2D eigenvalue weighted by Gasteiger charge is 2.34. The van der Waals surface area contributed by atoms with Crippen LogP contribution in [0.4, 0.5) is 0 Å². The predicted octanol–water partition coefficient (Wildman–Crippen LogP) is 0.873. The fourth-order valence-electron chi connectivity index (χ4n) is 2.44. The molecule has 13 heavy (non-hydrogen) atoms. The molecule has 2 heterocycles. The Morgan fingerprint density at radius 1 is 1.23 bits per heavy atom. The second-order valence-electron chi connectivity index (χ2n) is 3.86. The smallest absolute Gasteiger partial charge is 0.160 e. The highest BCUT2D eigenvalue weighted by molar-refractivity contribution is 7.99. The highest BCUT2D eigenvalue weighted by atomic mass is 32.2. The molecule has 0 amide bonds. The molecular formula is C11H14NS+. The second-order valence-corrected chi connectivity index (χ2v) is 5.07. The number of benzene rings is 1. The lowest BCUT2D eigenvalue weighted by atomic mass is 10.00. The van der Waals surface area contributed by atoms with Crippen molar-refractivity contribution < 1.29 is 4.90 Å². The average molecular weight is 192 g/mol. The normalized spacial score (nSPS) is 31.1. The maximum atomic E-state index is 2.32. The van der Waals surface area contributed by atoms with Crippen LogP contribution < -0.4 is 4.90 Å². The minimum absolute atomic E-state index is 0.755. The van der Waals surface area contributed by atoms with E-state index in [1.165, 1.54) is 25.3 Å². The van der Waals surface area contributed by atoms with E-state index in [9.17, 15) is 0 Å². The first-order valence-corrected chi connectivity index (χ1v) is 6.04. The van der Waals surface area contributed by atoms with Crippen molar-refractivity contribution in [1.29, 1.82) is 0 Å². The van der Waals surface area contributed by atoms with Crippen molar-refractivity contribution >= 4 is 11.8 Å². The molecule has 0 saturated carbocycles. The lowest BCUT2D eigenvalue weighted by molar-refractivity contribution is -0.910. The number of hydrogen-bond acceptors (Lipinski definition) is 1. The predicted molar refractivity (Wildman–Crippen MR) is 56.0 cm³/mol. The summed E-state index contributed by atoms with van der Waals surface area (Å²) in [7, 11) is 0. The van der Waals surface area contributed by atoms with Crippen LogP contribution in [0, 0.1) is 0 Å². The van der Waals surface area contributed by atoms with E-state index in [1.807, 2.05) is 0 Å². The van der Waals surface area contributed by atoms with E-state index < -0.39 is 0 Å². The molecule has 1 aromatic carbocycles. The first-order valence-electron chi connectivity index (χ1n) is 4.99. The third-order valence-corrected chi connectivity index (χ3v) is 4.49. The molecule has 2 heteroatoms. The zero-order valence-electron chi connectivity index (χ0n) is 7.62. The van der Waals surface area contributed by atoms with Gasteiger partial charge in [-0.2, -0.15) is 0 Å². The fourth-order valence-corrected chi connectivity index (χ4v) is 3.93. The van der Waals surface area contributed by atoms with Crippen LogP contribution in [0.2, 0.25) is 0 Å². The van der Waals surface area contributed by atoms with Crippen molar-refractivity contribution in [2.24, 2.45) is 0 Å². The molecule has 0 aliphatic carbocycles. The van der Waals surface area contributed by atoms with Crippen LogP contribution >= 0.6 is 11.8 Å². The molecule has 1 nitrogen and oxygen atoms in total. The van der Waals surface area contributed by atoms with Crippen LogP contribution in [0.25, 0.3) is 0 Å². The third kappa shape index (κ3) is 1.20. The highest BCUT2D eigenvalue weighted by Crippen LogP contribution is 2.30. The summed E-state index contributed by atoms with van der Waals surface area (Å²) in [4.78, 5) is 1.80. The number of fused-ring (bicyclic) bond motifs is 3. The van der Waals surface area contributed by atoms with Crippen LogP contribution in [0.15, 0.2) is 24.3 Å². The van der Waals surface area contributed by atoms with Crippen LogP contribution in [0.1, 0.15) is 16.5 Å². The van der Waals surface area contributed by atoms with E-state index in [0.29, 0.717) is 0 Å². The van der Waals surface area contributed by atoms with E-state index in [0.717, 1.165) is 5.37 Å². The Bertz CT molecular complexity index is 324. The Morgan fingerprint density at radius 2 is 2.15 bits per heavy atom. The lowest BCUT2D eigenvalue weighted by Gasteiger charge is -2.27. The van der Waals surface area contributed by atoms with E-state index in [1.54, 1.807) is 16.0 Å². The number of thioether (sulfide) groups is 1. The minimum atomic E-state index is 0.755. The number of rotatable bonds is 0. The van der Waals surface area contributed by atoms with Gasteiger partial charge in [0, 0.05) is 17.7 Å². The summed E-state index contributed by atoms with van der Waals surface area (Å²) in [6, 6.07) is 8.96. The molecule has 2 aliphatic heterocycles. The SMILES string of the molecule is c1ccc2c(c1)CC[NH+]1CCS[C@@H]21. The Labute approximate surface area is 83.1 Å². The van der Waals surface area contributed by atoms with Gasteiger partial charge in [0.2, 0.25) is 0 Å². The summed E-state index contributed by atoms with van der Waals surface area (Å²) < 4.78 is 0. The first-order chi connectivity index (χ1) is 6.45. The fraction of sp³-hybridized carbons (Fsp3) is 0.455. The molecule has 2 atom stereocenters. The van der Waals surface area contributed by atoms with Gasteiger partial charge in [0.15, 0.2) is 5.37 Å². The van der Waals surface area contributed by atoms with Gasteiger partial charge in [-0.05, 0) is 5.56 Å². The molecular weight excluding hydrogens is 178 g/mol. The van der Waals surface area contributed by atoms with Crippen molar-refractivity contribution in [3.8, 4) is 0 Å². The molecule has 0 spiro atoms. The van der Waals surface area contributed by atoms with E-state index in [2.05, 4.69) is 36.0 Å². The summed E-state index contributed by atoms with van der Waals surface area (Å²) in [6.07, 6.45) is 1.28. The Hall–Kier alpha value is -0.470. The standard InChI is InChI=1S/C11H13NS/c1-2-4-10-9(3-1)5-6-12-7-8-13-11(10)12/h1-4,11H,5-8H2/p+1/t11-/m0/s1. The number of hydrogen-bond donors (Lipinski definition) is 1. The molecule has 1 fully saturated rings. The lowest BCUT2D eigenvalue weighted by Crippen LogP contribution is -3.11. The van der Waals surface area contributed by atoms with Gasteiger partial charge in [-0.3, -0.25) is 0 Å². The Morgan fingerprint density at radius 3 is 3.15 bits per heavy atom. The van der Waals surface area contributed by atoms with Crippen LogP contribution in [-0.2, 0) is 6.42 Å². The summed E-state index contributed by atoms with van der Waals surface area (Å²) in [5.41, 5.74) is 3.19. The molecule has 2 aliphatic rings. The molecule has 68 valence electrons. The van der Waals surface area contributed by atoms with Crippen LogP contribution in [0.3, 0.4) is 0 Å². The minimum Gasteiger partial charge on any atom is -0.319 e. The largest absolute Gasteiger partial charge is 0.319 e.